The van der Waals surface area contributed by atoms with E-state index >= 15 is 0 Å². The number of nitrogens with zero attached hydrogens (tertiary/aromatic N) is 1. The zero-order valence-electron chi connectivity index (χ0n) is 19.7. The first-order valence-corrected chi connectivity index (χ1v) is 11.3. The van der Waals surface area contributed by atoms with Crippen molar-refractivity contribution in [1.82, 2.24) is 15.5 Å². The lowest BCUT2D eigenvalue weighted by molar-refractivity contribution is -0.134. The van der Waals surface area contributed by atoms with Crippen LogP contribution in [0.25, 0.3) is 0 Å². The van der Waals surface area contributed by atoms with Gasteiger partial charge in [-0.2, -0.15) is 0 Å². The van der Waals surface area contributed by atoms with Gasteiger partial charge >= 0.3 is 0 Å². The summed E-state index contributed by atoms with van der Waals surface area (Å²) in [5.41, 5.74) is 0.348. The van der Waals surface area contributed by atoms with Gasteiger partial charge in [0.1, 0.15) is 6.04 Å². The van der Waals surface area contributed by atoms with Gasteiger partial charge in [-0.1, -0.05) is 20.8 Å². The molecule has 1 aromatic carbocycles. The van der Waals surface area contributed by atoms with Crippen molar-refractivity contribution in [2.45, 2.75) is 66.0 Å². The molecular weight excluding hydrogens is 410 g/mol. The third kappa shape index (κ3) is 6.14. The van der Waals surface area contributed by atoms with Crippen molar-refractivity contribution >= 4 is 17.7 Å². The average molecular weight is 446 g/mol. The summed E-state index contributed by atoms with van der Waals surface area (Å²) in [5.74, 6) is 0.676. The number of likely N-dealkylation sites (tertiary alicyclic amines) is 1. The fraction of sp³-hybridized carbons (Fsp3) is 0.625. The Labute approximate surface area is 190 Å². The van der Waals surface area contributed by atoms with E-state index in [2.05, 4.69) is 31.4 Å². The van der Waals surface area contributed by atoms with Crippen LogP contribution in [0.2, 0.25) is 0 Å². The molecule has 0 spiro atoms. The number of ether oxygens (including phenoxy) is 2. The Kier molecular flexibility index (Phi) is 7.31. The summed E-state index contributed by atoms with van der Waals surface area (Å²) in [6.07, 6.45) is 1.82. The zero-order valence-corrected chi connectivity index (χ0v) is 19.7. The van der Waals surface area contributed by atoms with Crippen molar-refractivity contribution in [3.05, 3.63) is 23.8 Å². The maximum absolute atomic E-state index is 13.0. The Balaban J connectivity index is 1.68. The van der Waals surface area contributed by atoms with Crippen LogP contribution in [0.5, 0.6) is 11.5 Å². The molecule has 3 rings (SSSR count). The molecule has 0 unspecified atom stereocenters. The number of fused-ring (bicyclic) bond motifs is 1. The lowest BCUT2D eigenvalue weighted by atomic mass is 9.87. The lowest BCUT2D eigenvalue weighted by Gasteiger charge is -2.37. The quantitative estimate of drug-likeness (QED) is 0.702. The summed E-state index contributed by atoms with van der Waals surface area (Å²) >= 11 is 0. The maximum atomic E-state index is 13.0. The highest BCUT2D eigenvalue weighted by Gasteiger charge is 2.35. The van der Waals surface area contributed by atoms with Crippen LogP contribution in [0.15, 0.2) is 18.2 Å². The van der Waals surface area contributed by atoms with E-state index in [-0.39, 0.29) is 41.9 Å². The van der Waals surface area contributed by atoms with E-state index in [9.17, 15) is 14.4 Å². The summed E-state index contributed by atoms with van der Waals surface area (Å²) in [4.78, 5) is 40.4. The molecule has 0 radical (unpaired) electrons. The van der Waals surface area contributed by atoms with Gasteiger partial charge in [-0.05, 0) is 56.2 Å². The second kappa shape index (κ2) is 9.79. The van der Waals surface area contributed by atoms with Crippen molar-refractivity contribution in [1.29, 1.82) is 0 Å². The number of rotatable bonds is 6. The smallest absolute Gasteiger partial charge is 0.252 e. The molecule has 0 aliphatic carbocycles. The van der Waals surface area contributed by atoms with Gasteiger partial charge in [-0.3, -0.25) is 14.4 Å². The van der Waals surface area contributed by atoms with Crippen molar-refractivity contribution in [3.63, 3.8) is 0 Å². The average Bonchev–Trinajstić information content (AvgIpc) is 3.18. The van der Waals surface area contributed by atoms with Gasteiger partial charge in [0.15, 0.2) is 11.5 Å². The van der Waals surface area contributed by atoms with Gasteiger partial charge < -0.3 is 25.0 Å². The number of hydrogen-bond acceptors (Lipinski definition) is 5. The standard InChI is InChI=1S/C24H35N3O5/c1-15(2)25-23(30)21(16-8-10-27(11-9-16)20(28)13-24(3,4)5)26-22(29)17-6-7-18-19(12-17)32-14-31-18/h6-7,12,15-16,21H,8-11,13-14H2,1-5H3,(H,25,30)(H,26,29)/t21-/m0/s1. The summed E-state index contributed by atoms with van der Waals surface area (Å²) in [5, 5.41) is 5.86. The number of amides is 3. The minimum Gasteiger partial charge on any atom is -0.454 e. The van der Waals surface area contributed by atoms with E-state index in [4.69, 9.17) is 9.47 Å². The molecule has 2 aliphatic heterocycles. The minimum absolute atomic E-state index is 0.0408. The third-order valence-corrected chi connectivity index (χ3v) is 5.68. The van der Waals surface area contributed by atoms with Crippen molar-refractivity contribution < 1.29 is 23.9 Å². The van der Waals surface area contributed by atoms with Crippen LogP contribution >= 0.6 is 0 Å². The Morgan fingerprint density at radius 3 is 2.34 bits per heavy atom. The molecule has 2 aliphatic rings. The highest BCUT2D eigenvalue weighted by atomic mass is 16.7. The second-order valence-electron chi connectivity index (χ2n) is 10.1. The predicted octanol–water partition coefficient (Wildman–Crippen LogP) is 2.71. The van der Waals surface area contributed by atoms with E-state index in [1.165, 1.54) is 0 Å². The fourth-order valence-electron chi connectivity index (χ4n) is 4.08. The fourth-order valence-corrected chi connectivity index (χ4v) is 4.08. The van der Waals surface area contributed by atoms with Crippen LogP contribution in [0, 0.1) is 11.3 Å². The molecule has 2 N–H and O–H groups in total. The van der Waals surface area contributed by atoms with Gasteiger partial charge in [0.05, 0.1) is 0 Å². The van der Waals surface area contributed by atoms with E-state index in [1.54, 1.807) is 18.2 Å². The SMILES string of the molecule is CC(C)NC(=O)[C@@H](NC(=O)c1ccc2c(c1)OCO2)C1CCN(C(=O)CC(C)(C)C)CC1. The Bertz CT molecular complexity index is 854. The van der Waals surface area contributed by atoms with Gasteiger partial charge in [-0.25, -0.2) is 0 Å². The molecule has 1 saturated heterocycles. The first kappa shape index (κ1) is 23.9. The normalized spacial score (nSPS) is 17.2. The summed E-state index contributed by atoms with van der Waals surface area (Å²) in [6, 6.07) is 4.27. The molecule has 0 saturated carbocycles. The number of piperidine rings is 1. The van der Waals surface area contributed by atoms with Crippen molar-refractivity contribution in [2.24, 2.45) is 11.3 Å². The molecule has 2 heterocycles. The molecular formula is C24H35N3O5. The third-order valence-electron chi connectivity index (χ3n) is 5.68. The molecule has 32 heavy (non-hydrogen) atoms. The Morgan fingerprint density at radius 1 is 1.06 bits per heavy atom. The first-order chi connectivity index (χ1) is 15.0. The number of benzene rings is 1. The van der Waals surface area contributed by atoms with Gasteiger partial charge in [0.25, 0.3) is 5.91 Å². The molecule has 0 aromatic heterocycles. The highest BCUT2D eigenvalue weighted by molar-refractivity contribution is 5.98. The molecule has 8 heteroatoms. The summed E-state index contributed by atoms with van der Waals surface area (Å²) < 4.78 is 10.7. The van der Waals surface area contributed by atoms with E-state index < -0.39 is 6.04 Å². The lowest BCUT2D eigenvalue weighted by Crippen LogP contribution is -2.54. The molecule has 3 amide bonds. The maximum Gasteiger partial charge on any atom is 0.252 e. The summed E-state index contributed by atoms with van der Waals surface area (Å²) in [7, 11) is 0. The van der Waals surface area contributed by atoms with Crippen molar-refractivity contribution in [3.8, 4) is 11.5 Å². The van der Waals surface area contributed by atoms with Crippen LogP contribution in [0.3, 0.4) is 0 Å². The van der Waals surface area contributed by atoms with Crippen LogP contribution in [-0.4, -0.2) is 54.6 Å². The Morgan fingerprint density at radius 2 is 1.72 bits per heavy atom. The van der Waals surface area contributed by atoms with E-state index in [1.807, 2.05) is 18.7 Å². The van der Waals surface area contributed by atoms with E-state index in [0.29, 0.717) is 49.4 Å². The van der Waals surface area contributed by atoms with Crippen LogP contribution < -0.4 is 20.1 Å². The van der Waals surface area contributed by atoms with Gasteiger partial charge in [0, 0.05) is 31.1 Å². The predicted molar refractivity (Wildman–Crippen MR) is 120 cm³/mol. The monoisotopic (exact) mass is 445 g/mol. The second-order valence-corrected chi connectivity index (χ2v) is 10.1. The molecule has 1 fully saturated rings. The molecule has 176 valence electrons. The number of carbonyl (C=O) groups is 3. The number of nitrogens with one attached hydrogen (secondary N) is 2. The first-order valence-electron chi connectivity index (χ1n) is 11.3. The zero-order chi connectivity index (χ0) is 23.5. The minimum atomic E-state index is -0.671. The van der Waals surface area contributed by atoms with E-state index in [0.717, 1.165) is 0 Å². The van der Waals surface area contributed by atoms with Crippen LogP contribution in [0.1, 0.15) is 64.2 Å². The highest BCUT2D eigenvalue weighted by Crippen LogP contribution is 2.32. The van der Waals surface area contributed by atoms with Gasteiger partial charge in [0.2, 0.25) is 18.6 Å². The Hall–Kier alpha value is -2.77. The summed E-state index contributed by atoms with van der Waals surface area (Å²) in [6.45, 7) is 11.2. The van der Waals surface area contributed by atoms with Crippen molar-refractivity contribution in [2.75, 3.05) is 19.9 Å². The van der Waals surface area contributed by atoms with Crippen LogP contribution in [0.4, 0.5) is 0 Å². The number of carbonyl (C=O) groups excluding carboxylic acids is 3. The number of hydrogen-bond donors (Lipinski definition) is 2. The molecule has 1 atom stereocenters. The molecule has 1 aromatic rings. The van der Waals surface area contributed by atoms with Gasteiger partial charge in [-0.15, -0.1) is 0 Å². The topological polar surface area (TPSA) is 97.0 Å². The molecule has 8 nitrogen and oxygen atoms in total. The molecule has 0 bridgehead atoms. The largest absolute Gasteiger partial charge is 0.454 e. The van der Waals surface area contributed by atoms with Crippen LogP contribution in [-0.2, 0) is 9.59 Å².